The second-order valence-corrected chi connectivity index (χ2v) is 10.1. The molecule has 0 aliphatic carbocycles. The van der Waals surface area contributed by atoms with Crippen LogP contribution in [0.2, 0.25) is 0 Å². The van der Waals surface area contributed by atoms with E-state index in [1.165, 1.54) is 0 Å². The predicted molar refractivity (Wildman–Crippen MR) is 190 cm³/mol. The molecule has 0 atom stereocenters. The molecule has 0 aliphatic rings. The largest absolute Gasteiger partial charge is 0.456 e. The number of fused-ring (bicyclic) bond motifs is 5. The van der Waals surface area contributed by atoms with Crippen LogP contribution in [0.25, 0.3) is 88.0 Å². The van der Waals surface area contributed by atoms with Crippen molar-refractivity contribution >= 4 is 43.5 Å². The molecule has 0 saturated heterocycles. The van der Waals surface area contributed by atoms with Crippen LogP contribution in [-0.4, -0.2) is 0 Å². The van der Waals surface area contributed by atoms with E-state index in [-0.39, 0.29) is 50.2 Å². The van der Waals surface area contributed by atoms with E-state index >= 15 is 0 Å². The summed E-state index contributed by atoms with van der Waals surface area (Å²) in [5.41, 5.74) is -2.93. The van der Waals surface area contributed by atoms with E-state index in [1.54, 1.807) is 48.5 Å². The minimum atomic E-state index is -0.855. The van der Waals surface area contributed by atoms with E-state index in [9.17, 15) is 9.60 Å². The Bertz CT molecular complexity index is 3550. The number of benzene rings is 8. The third kappa shape index (κ3) is 4.24. The van der Waals surface area contributed by atoms with Crippen molar-refractivity contribution in [3.8, 4) is 44.5 Å². The molecule has 1 nitrogen and oxygen atoms in total. The second kappa shape index (κ2) is 10.4. The van der Waals surface area contributed by atoms with E-state index in [1.807, 2.05) is 0 Å². The topological polar surface area (TPSA) is 13.1 Å². The molecule has 1 heterocycles. The number of hydrogen-bond donors (Lipinski definition) is 0. The van der Waals surface area contributed by atoms with Gasteiger partial charge in [0.25, 0.3) is 0 Å². The molecule has 0 aliphatic heterocycles. The van der Waals surface area contributed by atoms with Crippen molar-refractivity contribution in [2.75, 3.05) is 0 Å². The molecule has 0 fully saturated rings. The van der Waals surface area contributed by atoms with E-state index in [2.05, 4.69) is 0 Å². The molecule has 0 radical (unpaired) electrons. The normalized spacial score (nSPS) is 17.8. The molecule has 9 aromatic rings. The molecule has 0 spiro atoms. The van der Waals surface area contributed by atoms with Gasteiger partial charge in [0, 0.05) is 10.8 Å². The zero-order valence-electron chi connectivity index (χ0n) is 43.0. The molecule has 0 N–H and O–H groups in total. The zero-order chi connectivity index (χ0) is 47.1. The van der Waals surface area contributed by atoms with Crippen LogP contribution < -0.4 is 0 Å². The van der Waals surface area contributed by atoms with Gasteiger partial charge in [0.1, 0.15) is 11.2 Å². The highest BCUT2D eigenvalue weighted by Crippen LogP contribution is 2.45. The van der Waals surface area contributed by atoms with Crippen LogP contribution in [0, 0.1) is 0 Å². The van der Waals surface area contributed by atoms with E-state index in [4.69, 9.17) is 22.2 Å². The fourth-order valence-electron chi connectivity index (χ4n) is 5.63. The van der Waals surface area contributed by atoms with Gasteiger partial charge in [-0.3, -0.25) is 0 Å². The third-order valence-corrected chi connectivity index (χ3v) is 7.57. The fraction of sp³-hybridized carbons (Fsp3) is 0. The summed E-state index contributed by atoms with van der Waals surface area (Å²) in [4.78, 5) is 0. The minimum Gasteiger partial charge on any atom is -0.456 e. The van der Waals surface area contributed by atoms with Gasteiger partial charge in [0.2, 0.25) is 0 Å². The first kappa shape index (κ1) is 12.6. The van der Waals surface area contributed by atoms with Crippen molar-refractivity contribution in [2.24, 2.45) is 0 Å². The van der Waals surface area contributed by atoms with E-state index in [0.717, 1.165) is 0 Å². The van der Waals surface area contributed by atoms with Crippen LogP contribution >= 0.6 is 0 Å². The Labute approximate surface area is 289 Å². The Morgan fingerprint density at radius 2 is 0.822 bits per heavy atom. The van der Waals surface area contributed by atoms with Crippen molar-refractivity contribution in [1.82, 2.24) is 0 Å². The lowest BCUT2D eigenvalue weighted by Crippen LogP contribution is -1.91. The molecule has 210 valence electrons. The SMILES string of the molecule is [2H]c1c([2H])c([2H])c(-c2c([2H])c([2H])c([2H])c(-c3c([2H])c([2H])c(-c4c5ccccc5c(-c5c([2H])c([2H])c6oc7c([2H])c([2H])c([2H])c([2H])c7c6c5[2H])c5ccccc45)c([2H])c3[2H])c2[2H])c([2H])c1[2H]. The number of furan rings is 1. The van der Waals surface area contributed by atoms with Crippen LogP contribution in [0.3, 0.4) is 0 Å². The molecule has 0 unspecified atom stereocenters. The van der Waals surface area contributed by atoms with Gasteiger partial charge in [-0.2, -0.15) is 0 Å². The summed E-state index contributed by atoms with van der Waals surface area (Å²) in [6, 6.07) is -0.357. The molecule has 8 aromatic carbocycles. The van der Waals surface area contributed by atoms with Crippen LogP contribution in [0.4, 0.5) is 0 Å². The van der Waals surface area contributed by atoms with Gasteiger partial charge in [-0.15, -0.1) is 0 Å². The summed E-state index contributed by atoms with van der Waals surface area (Å²) in [6.45, 7) is 0. The molecule has 45 heavy (non-hydrogen) atoms. The molecule has 1 heteroatoms. The zero-order valence-corrected chi connectivity index (χ0v) is 23.0. The van der Waals surface area contributed by atoms with Crippen molar-refractivity contribution in [3.63, 3.8) is 0 Å². The summed E-state index contributed by atoms with van der Waals surface area (Å²) in [5, 5.41) is 1.07. The van der Waals surface area contributed by atoms with Gasteiger partial charge in [0.05, 0.1) is 27.4 Å². The van der Waals surface area contributed by atoms with Crippen molar-refractivity contribution in [1.29, 1.82) is 0 Å². The number of para-hydroxylation sites is 1. The summed E-state index contributed by atoms with van der Waals surface area (Å²) in [5.74, 6) is 0. The van der Waals surface area contributed by atoms with Gasteiger partial charge in [-0.1, -0.05) is 145 Å². The van der Waals surface area contributed by atoms with E-state index < -0.39 is 137 Å². The lowest BCUT2D eigenvalue weighted by molar-refractivity contribution is 0.669. The van der Waals surface area contributed by atoms with Gasteiger partial charge in [-0.25, -0.2) is 0 Å². The summed E-state index contributed by atoms with van der Waals surface area (Å²) in [7, 11) is 0. The quantitative estimate of drug-likeness (QED) is 0.185. The van der Waals surface area contributed by atoms with E-state index in [0.29, 0.717) is 21.5 Å². The highest BCUT2D eigenvalue weighted by Gasteiger charge is 2.18. The second-order valence-electron chi connectivity index (χ2n) is 10.1. The van der Waals surface area contributed by atoms with Gasteiger partial charge in [0.15, 0.2) is 0 Å². The van der Waals surface area contributed by atoms with Crippen LogP contribution in [0.1, 0.15) is 27.4 Å². The van der Waals surface area contributed by atoms with Crippen molar-refractivity contribution in [3.05, 3.63) is 169 Å². The smallest absolute Gasteiger partial charge is 0.135 e. The average Bonchev–Trinajstić information content (AvgIpc) is 3.71. The third-order valence-electron chi connectivity index (χ3n) is 7.57. The highest BCUT2D eigenvalue weighted by atomic mass is 16.3. The van der Waals surface area contributed by atoms with Gasteiger partial charge < -0.3 is 4.42 Å². The first-order chi connectivity index (χ1) is 30.7. The molecule has 9 rings (SSSR count). The minimum absolute atomic E-state index is 0.0867. The molecular formula is C44H28O. The lowest BCUT2D eigenvalue weighted by Gasteiger charge is -2.18. The molecule has 0 bridgehead atoms. The summed E-state index contributed by atoms with van der Waals surface area (Å²) < 4.78 is 182. The Morgan fingerprint density at radius 1 is 0.333 bits per heavy atom. The maximum absolute atomic E-state index is 9.56. The van der Waals surface area contributed by atoms with Gasteiger partial charge >= 0.3 is 0 Å². The fourth-order valence-corrected chi connectivity index (χ4v) is 5.63. The maximum atomic E-state index is 9.56. The maximum Gasteiger partial charge on any atom is 0.135 e. The lowest BCUT2D eigenvalue weighted by atomic mass is 9.85. The average molecular weight is 593 g/mol. The Kier molecular flexibility index (Phi) is 2.90. The monoisotopic (exact) mass is 592 g/mol. The Hall–Kier alpha value is -5.92. The molecule has 1 aromatic heterocycles. The van der Waals surface area contributed by atoms with Crippen LogP contribution in [0.15, 0.2) is 174 Å². The summed E-state index contributed by atoms with van der Waals surface area (Å²) in [6.07, 6.45) is 0. The number of rotatable bonds is 4. The highest BCUT2D eigenvalue weighted by molar-refractivity contribution is 6.22. The van der Waals surface area contributed by atoms with Crippen molar-refractivity contribution < 1.29 is 31.8 Å². The molecule has 0 amide bonds. The predicted octanol–water partition coefficient (Wildman–Crippen LogP) is 12.6. The van der Waals surface area contributed by atoms with Crippen LogP contribution in [0.5, 0.6) is 0 Å². The Balaban J connectivity index is 1.37. The van der Waals surface area contributed by atoms with Gasteiger partial charge in [-0.05, 0) is 90.2 Å². The number of hydrogen-bond acceptors (Lipinski definition) is 1. The van der Waals surface area contributed by atoms with Crippen molar-refractivity contribution in [2.45, 2.75) is 0 Å². The summed E-state index contributed by atoms with van der Waals surface area (Å²) >= 11 is 0. The Morgan fingerprint density at radius 3 is 1.49 bits per heavy atom. The first-order valence-electron chi connectivity index (χ1n) is 23.8. The first-order valence-corrected chi connectivity index (χ1v) is 13.8. The molecule has 0 saturated carbocycles. The molecular weight excluding hydrogens is 544 g/mol. The van der Waals surface area contributed by atoms with Crippen LogP contribution in [-0.2, 0) is 0 Å². The standard InChI is InChI=1S/C44H28O/c1-2-11-29(12-3-1)32-13-10-14-33(27-32)30-21-23-31(24-22-30)43-36-16-4-6-18-38(36)44(39-19-7-5-17-37(39)43)34-25-26-42-40(28-34)35-15-8-9-20-41(35)45-42/h1-28H/i1D,2D,3D,8D,9D,10D,11D,12D,13D,14D,15D,20D,21D,22D,23D,24D,25D,26D,27D,28D.